The van der Waals surface area contributed by atoms with Crippen LogP contribution in [-0.4, -0.2) is 58.0 Å². The van der Waals surface area contributed by atoms with Crippen LogP contribution in [0.5, 0.6) is 5.75 Å². The molecule has 4 heterocycles. The topological polar surface area (TPSA) is 106 Å². The lowest BCUT2D eigenvalue weighted by Gasteiger charge is -2.34. The van der Waals surface area contributed by atoms with E-state index in [1.807, 2.05) is 18.2 Å². The smallest absolute Gasteiger partial charge is 0.394 e. The van der Waals surface area contributed by atoms with Gasteiger partial charge in [0, 0.05) is 37.5 Å². The number of morpholine rings is 1. The number of rotatable bonds is 5. The molecule has 3 aromatic heterocycles. The average molecular weight is 389 g/mol. The van der Waals surface area contributed by atoms with E-state index in [1.54, 1.807) is 12.4 Å². The zero-order chi connectivity index (χ0) is 18.8. The van der Waals surface area contributed by atoms with Gasteiger partial charge in [-0.15, -0.1) is 0 Å². The fourth-order valence-corrected chi connectivity index (χ4v) is 3.50. The van der Waals surface area contributed by atoms with E-state index < -0.39 is 8.60 Å². The lowest BCUT2D eigenvalue weighted by atomic mass is 10.1. The number of H-pyrrole nitrogens is 1. The molecule has 142 valence electrons. The molecule has 10 heteroatoms. The van der Waals surface area contributed by atoms with Gasteiger partial charge in [0.25, 0.3) is 0 Å². The normalized spacial score (nSPS) is 18.6. The van der Waals surface area contributed by atoms with Gasteiger partial charge < -0.3 is 23.6 Å². The largest absolute Gasteiger partial charge is 0.426 e. The van der Waals surface area contributed by atoms with Gasteiger partial charge in [0.2, 0.25) is 0 Å². The number of nitrogens with one attached hydrogen (secondary N) is 1. The number of fused-ring (bicyclic) bond motifs is 1. The number of anilines is 1. The first-order chi connectivity index (χ1) is 13.2. The number of pyridine rings is 2. The third-order valence-corrected chi connectivity index (χ3v) is 5.09. The molecule has 0 saturated carbocycles. The molecule has 4 rings (SSSR count). The lowest BCUT2D eigenvalue weighted by molar-refractivity contribution is 0.0985. The molecule has 3 aromatic rings. The maximum Gasteiger partial charge on any atom is 0.394 e. The van der Waals surface area contributed by atoms with E-state index in [-0.39, 0.29) is 6.04 Å². The SMILES string of the molecule is COP(O)Oc1cc(N2CCOC[C@H]2C)nc2c(-c3ccn[nH]3)nccc12. The van der Waals surface area contributed by atoms with Gasteiger partial charge in [-0.25, -0.2) is 4.98 Å². The Kier molecular flexibility index (Phi) is 5.18. The van der Waals surface area contributed by atoms with Crippen LogP contribution in [-0.2, 0) is 9.26 Å². The maximum absolute atomic E-state index is 9.91. The molecule has 1 unspecified atom stereocenters. The third-order valence-electron chi connectivity index (χ3n) is 4.43. The number of nitrogens with zero attached hydrogens (tertiary/aromatic N) is 4. The summed E-state index contributed by atoms with van der Waals surface area (Å²) < 4.78 is 16.1. The summed E-state index contributed by atoms with van der Waals surface area (Å²) >= 11 is 0. The zero-order valence-electron chi connectivity index (χ0n) is 15.0. The van der Waals surface area contributed by atoms with Gasteiger partial charge in [-0.3, -0.25) is 10.1 Å². The third kappa shape index (κ3) is 3.59. The van der Waals surface area contributed by atoms with Crippen molar-refractivity contribution in [1.82, 2.24) is 20.2 Å². The quantitative estimate of drug-likeness (QED) is 0.641. The van der Waals surface area contributed by atoms with Gasteiger partial charge in [-0.05, 0) is 19.1 Å². The fourth-order valence-electron chi connectivity index (χ4n) is 3.10. The van der Waals surface area contributed by atoms with Crippen LogP contribution in [0.1, 0.15) is 6.92 Å². The molecule has 2 atom stereocenters. The highest BCUT2D eigenvalue weighted by molar-refractivity contribution is 7.41. The predicted octanol–water partition coefficient (Wildman–Crippen LogP) is 2.49. The van der Waals surface area contributed by atoms with Crippen molar-refractivity contribution in [2.75, 3.05) is 31.8 Å². The van der Waals surface area contributed by atoms with Gasteiger partial charge in [-0.1, -0.05) is 0 Å². The minimum atomic E-state index is -2.03. The monoisotopic (exact) mass is 389 g/mol. The highest BCUT2D eigenvalue weighted by Gasteiger charge is 2.24. The van der Waals surface area contributed by atoms with Crippen LogP contribution >= 0.6 is 8.60 Å². The Labute approximate surface area is 157 Å². The Balaban J connectivity index is 1.89. The summed E-state index contributed by atoms with van der Waals surface area (Å²) in [6.07, 6.45) is 3.34. The minimum Gasteiger partial charge on any atom is -0.426 e. The Morgan fingerprint density at radius 3 is 3.00 bits per heavy atom. The molecule has 1 aliphatic heterocycles. The predicted molar refractivity (Wildman–Crippen MR) is 102 cm³/mol. The number of aromatic amines is 1. The molecule has 0 aromatic carbocycles. The summed E-state index contributed by atoms with van der Waals surface area (Å²) in [5.74, 6) is 1.23. The van der Waals surface area contributed by atoms with Crippen LogP contribution in [0.3, 0.4) is 0 Å². The van der Waals surface area contributed by atoms with E-state index in [9.17, 15) is 4.89 Å². The number of hydrogen-bond donors (Lipinski definition) is 2. The number of ether oxygens (including phenoxy) is 1. The molecule has 1 fully saturated rings. The van der Waals surface area contributed by atoms with Gasteiger partial charge >= 0.3 is 8.60 Å². The van der Waals surface area contributed by atoms with Crippen LogP contribution in [0, 0.1) is 0 Å². The molecule has 0 spiro atoms. The Bertz CT molecular complexity index is 923. The van der Waals surface area contributed by atoms with Gasteiger partial charge in [0.15, 0.2) is 0 Å². The van der Waals surface area contributed by atoms with Gasteiger partial charge in [0.1, 0.15) is 22.8 Å². The molecule has 0 bridgehead atoms. The summed E-state index contributed by atoms with van der Waals surface area (Å²) in [5, 5.41) is 7.67. The van der Waals surface area contributed by atoms with Crippen molar-refractivity contribution in [3.63, 3.8) is 0 Å². The minimum absolute atomic E-state index is 0.168. The second kappa shape index (κ2) is 7.74. The standard InChI is InChI=1S/C17H20N5O4P/c1-11-10-25-8-7-22(11)15-9-14(26-27(23)24-2)12-3-5-18-17(16(12)20-15)13-4-6-19-21-13/h3-6,9,11,23H,7-8,10H2,1-2H3,(H,19,21)/t11-,27?/m1/s1. The van der Waals surface area contributed by atoms with Crippen LogP contribution in [0.2, 0.25) is 0 Å². The number of hydrogen-bond acceptors (Lipinski definition) is 8. The van der Waals surface area contributed by atoms with Crippen LogP contribution in [0.15, 0.2) is 30.6 Å². The van der Waals surface area contributed by atoms with Crippen molar-refractivity contribution in [2.24, 2.45) is 0 Å². The van der Waals surface area contributed by atoms with E-state index in [0.717, 1.165) is 23.4 Å². The highest BCUT2D eigenvalue weighted by atomic mass is 31.2. The zero-order valence-corrected chi connectivity index (χ0v) is 15.9. The molecule has 2 N–H and O–H groups in total. The molecule has 27 heavy (non-hydrogen) atoms. The fraction of sp³-hybridized carbons (Fsp3) is 0.353. The summed E-state index contributed by atoms with van der Waals surface area (Å²) in [6.45, 7) is 4.06. The Morgan fingerprint density at radius 1 is 1.37 bits per heavy atom. The summed E-state index contributed by atoms with van der Waals surface area (Å²) in [5.41, 5.74) is 2.08. The molecule has 9 nitrogen and oxygen atoms in total. The van der Waals surface area contributed by atoms with E-state index >= 15 is 0 Å². The lowest BCUT2D eigenvalue weighted by Crippen LogP contribution is -2.44. The molecular weight excluding hydrogens is 369 g/mol. The van der Waals surface area contributed by atoms with Crippen molar-refractivity contribution in [1.29, 1.82) is 0 Å². The first-order valence-electron chi connectivity index (χ1n) is 8.52. The molecule has 0 aliphatic carbocycles. The Hall–Kier alpha value is -2.32. The first kappa shape index (κ1) is 18.1. The molecule has 1 aliphatic rings. The van der Waals surface area contributed by atoms with Crippen LogP contribution in [0.25, 0.3) is 22.3 Å². The van der Waals surface area contributed by atoms with Crippen molar-refractivity contribution >= 4 is 25.3 Å². The summed E-state index contributed by atoms with van der Waals surface area (Å²) in [4.78, 5) is 21.4. The molecule has 0 radical (unpaired) electrons. The van der Waals surface area contributed by atoms with E-state index in [1.165, 1.54) is 7.11 Å². The second-order valence-corrected chi connectivity index (χ2v) is 7.16. The van der Waals surface area contributed by atoms with Gasteiger partial charge in [0.05, 0.1) is 24.9 Å². The summed E-state index contributed by atoms with van der Waals surface area (Å²) in [7, 11) is -0.634. The van der Waals surface area contributed by atoms with E-state index in [0.29, 0.717) is 30.2 Å². The van der Waals surface area contributed by atoms with E-state index in [4.69, 9.17) is 18.8 Å². The van der Waals surface area contributed by atoms with Crippen molar-refractivity contribution in [2.45, 2.75) is 13.0 Å². The van der Waals surface area contributed by atoms with Crippen molar-refractivity contribution in [3.8, 4) is 17.1 Å². The Morgan fingerprint density at radius 2 is 2.26 bits per heavy atom. The van der Waals surface area contributed by atoms with Crippen LogP contribution < -0.4 is 9.42 Å². The average Bonchev–Trinajstić information content (AvgIpc) is 3.22. The van der Waals surface area contributed by atoms with Crippen LogP contribution in [0.4, 0.5) is 5.82 Å². The van der Waals surface area contributed by atoms with Crippen molar-refractivity contribution < 1.29 is 18.7 Å². The first-order valence-corrected chi connectivity index (χ1v) is 9.65. The molecular formula is C17H20N5O4P. The second-order valence-electron chi connectivity index (χ2n) is 6.13. The molecule has 0 amide bonds. The number of aromatic nitrogens is 4. The van der Waals surface area contributed by atoms with Gasteiger partial charge in [-0.2, -0.15) is 5.10 Å². The summed E-state index contributed by atoms with van der Waals surface area (Å²) in [6, 6.07) is 5.64. The van der Waals surface area contributed by atoms with E-state index in [2.05, 4.69) is 27.0 Å². The highest BCUT2D eigenvalue weighted by Crippen LogP contribution is 2.41. The maximum atomic E-state index is 9.91. The van der Waals surface area contributed by atoms with Crippen molar-refractivity contribution in [3.05, 3.63) is 30.6 Å². The molecule has 1 saturated heterocycles.